The van der Waals surface area contributed by atoms with Gasteiger partial charge in [0.2, 0.25) is 0 Å². The van der Waals surface area contributed by atoms with Crippen LogP contribution in [0.2, 0.25) is 0 Å². The molecule has 0 spiro atoms. The van der Waals surface area contributed by atoms with Crippen molar-refractivity contribution < 1.29 is 33.2 Å². The first-order chi connectivity index (χ1) is 11.6. The summed E-state index contributed by atoms with van der Waals surface area (Å²) in [6, 6.07) is 2.24. The van der Waals surface area contributed by atoms with Crippen LogP contribution in [0.25, 0.3) is 0 Å². The number of hydrogen-bond acceptors (Lipinski definition) is 9. The largest absolute Gasteiger partial charge is 0.468 e. The van der Waals surface area contributed by atoms with Crippen LogP contribution in [0.1, 0.15) is 27.7 Å². The second-order valence-corrected chi connectivity index (χ2v) is 7.26. The van der Waals surface area contributed by atoms with Crippen LogP contribution in [0.4, 0.5) is 0 Å². The van der Waals surface area contributed by atoms with E-state index in [-0.39, 0.29) is 13.2 Å². The van der Waals surface area contributed by atoms with Gasteiger partial charge in [-0.2, -0.15) is 5.26 Å². The van der Waals surface area contributed by atoms with Crippen molar-refractivity contribution in [3.8, 4) is 6.07 Å². The number of methoxy groups -OCH3 is 1. The van der Waals surface area contributed by atoms with E-state index in [1.165, 1.54) is 7.11 Å². The molecular weight excluding hydrogens is 332 g/mol. The van der Waals surface area contributed by atoms with Crippen molar-refractivity contribution in [1.82, 2.24) is 5.32 Å². The van der Waals surface area contributed by atoms with Gasteiger partial charge in [0.1, 0.15) is 18.3 Å². The van der Waals surface area contributed by atoms with Gasteiger partial charge in [0.05, 0.1) is 26.3 Å². The Bertz CT molecular complexity index is 588. The molecule has 9 nitrogen and oxygen atoms in total. The van der Waals surface area contributed by atoms with Crippen molar-refractivity contribution in [1.29, 1.82) is 5.26 Å². The first-order valence-electron chi connectivity index (χ1n) is 8.18. The molecule has 3 aliphatic rings. The second kappa shape index (κ2) is 6.16. The average Bonchev–Trinajstić information content (AvgIpc) is 3.13. The number of esters is 1. The van der Waals surface area contributed by atoms with E-state index < -0.39 is 47.7 Å². The van der Waals surface area contributed by atoms with Crippen LogP contribution in [-0.2, 0) is 33.2 Å². The molecule has 0 aromatic rings. The summed E-state index contributed by atoms with van der Waals surface area (Å²) >= 11 is 0. The highest BCUT2D eigenvalue weighted by atomic mass is 16.8. The molecule has 3 saturated heterocycles. The van der Waals surface area contributed by atoms with Gasteiger partial charge in [-0.1, -0.05) is 0 Å². The number of hydrogen-bond donors (Lipinski definition) is 1. The molecule has 0 amide bonds. The van der Waals surface area contributed by atoms with Crippen molar-refractivity contribution in [2.45, 2.75) is 69.4 Å². The first-order valence-corrected chi connectivity index (χ1v) is 8.18. The second-order valence-electron chi connectivity index (χ2n) is 7.26. The Morgan fingerprint density at radius 3 is 2.48 bits per heavy atom. The number of carbonyl (C=O) groups is 1. The lowest BCUT2D eigenvalue weighted by Crippen LogP contribution is -2.63. The smallest absolute Gasteiger partial charge is 0.319 e. The summed E-state index contributed by atoms with van der Waals surface area (Å²) < 4.78 is 33.8. The molecule has 3 fully saturated rings. The highest BCUT2D eigenvalue weighted by molar-refractivity contribution is 5.71. The minimum atomic E-state index is -1.35. The normalized spacial score (nSPS) is 41.3. The van der Waals surface area contributed by atoms with Crippen LogP contribution in [0, 0.1) is 11.3 Å². The van der Waals surface area contributed by atoms with Gasteiger partial charge in [-0.25, -0.2) is 0 Å². The lowest BCUT2D eigenvalue weighted by atomic mass is 9.86. The van der Waals surface area contributed by atoms with Gasteiger partial charge >= 0.3 is 5.97 Å². The molecule has 3 heterocycles. The van der Waals surface area contributed by atoms with E-state index in [2.05, 4.69) is 16.1 Å². The molecule has 9 heteroatoms. The summed E-state index contributed by atoms with van der Waals surface area (Å²) in [4.78, 5) is 11.6. The predicted octanol–water partition coefficient (Wildman–Crippen LogP) is 0.0393. The van der Waals surface area contributed by atoms with Gasteiger partial charge in [-0.15, -0.1) is 0 Å². The van der Waals surface area contributed by atoms with Crippen molar-refractivity contribution in [2.75, 3.05) is 20.3 Å². The SMILES string of the molecule is COC(=O)CN[C@]1(C#N)[C@@H]([C@H]2COC(C)(C)O2)O[C@@H]2OC(C)(C)O[C@@H]21. The van der Waals surface area contributed by atoms with E-state index in [1.807, 2.05) is 0 Å². The fourth-order valence-corrected chi connectivity index (χ4v) is 3.46. The van der Waals surface area contributed by atoms with Gasteiger partial charge in [0.15, 0.2) is 23.4 Å². The summed E-state index contributed by atoms with van der Waals surface area (Å²) in [6.45, 7) is 7.14. The van der Waals surface area contributed by atoms with E-state index in [0.29, 0.717) is 0 Å². The highest BCUT2D eigenvalue weighted by Gasteiger charge is 2.67. The molecule has 140 valence electrons. The summed E-state index contributed by atoms with van der Waals surface area (Å²) in [5.74, 6) is -2.18. The maximum absolute atomic E-state index is 11.6. The lowest BCUT2D eigenvalue weighted by Gasteiger charge is -2.35. The molecule has 0 aromatic carbocycles. The van der Waals surface area contributed by atoms with E-state index in [1.54, 1.807) is 27.7 Å². The highest BCUT2D eigenvalue weighted by Crippen LogP contribution is 2.45. The molecule has 3 aliphatic heterocycles. The zero-order valence-corrected chi connectivity index (χ0v) is 15.0. The first kappa shape index (κ1) is 18.5. The van der Waals surface area contributed by atoms with Crippen molar-refractivity contribution in [3.63, 3.8) is 0 Å². The summed E-state index contributed by atoms with van der Waals surface area (Å²) in [5.41, 5.74) is -1.35. The molecular formula is C16H24N2O7. The Morgan fingerprint density at radius 1 is 1.20 bits per heavy atom. The standard InChI is InChI=1S/C16H24N2O7/c1-14(2)21-7-9(23-14)11-16(8-17,18-6-10(19)20-5)12-13(22-11)25-15(3,4)24-12/h9,11-13,18H,6-7H2,1-5H3/t9-,11-,12+,13-,16-/m1/s1. The van der Waals surface area contributed by atoms with E-state index in [9.17, 15) is 10.1 Å². The third kappa shape index (κ3) is 3.26. The van der Waals surface area contributed by atoms with Gasteiger partial charge in [0, 0.05) is 0 Å². The Morgan fingerprint density at radius 2 is 1.92 bits per heavy atom. The Hall–Kier alpha value is -1.28. The fourth-order valence-electron chi connectivity index (χ4n) is 3.46. The Balaban J connectivity index is 1.88. The zero-order chi connectivity index (χ0) is 18.5. The topological polar surface area (TPSA) is 108 Å². The van der Waals surface area contributed by atoms with Gasteiger partial charge in [-0.3, -0.25) is 10.1 Å². The molecule has 25 heavy (non-hydrogen) atoms. The van der Waals surface area contributed by atoms with Crippen molar-refractivity contribution in [3.05, 3.63) is 0 Å². The number of nitriles is 1. The molecule has 0 saturated carbocycles. The van der Waals surface area contributed by atoms with Crippen LogP contribution < -0.4 is 5.32 Å². The van der Waals surface area contributed by atoms with E-state index >= 15 is 0 Å². The average molecular weight is 356 g/mol. The maximum Gasteiger partial charge on any atom is 0.319 e. The Labute approximate surface area is 146 Å². The molecule has 3 rings (SSSR count). The van der Waals surface area contributed by atoms with E-state index in [0.717, 1.165) is 0 Å². The third-order valence-corrected chi connectivity index (χ3v) is 4.54. The number of fused-ring (bicyclic) bond motifs is 1. The van der Waals surface area contributed by atoms with Gasteiger partial charge in [-0.05, 0) is 27.7 Å². The number of rotatable bonds is 4. The molecule has 0 bridgehead atoms. The minimum absolute atomic E-state index is 0.173. The van der Waals surface area contributed by atoms with Gasteiger partial charge in [0.25, 0.3) is 0 Å². The van der Waals surface area contributed by atoms with Crippen LogP contribution in [0.3, 0.4) is 0 Å². The Kier molecular flexibility index (Phi) is 4.56. The fraction of sp³-hybridized carbons (Fsp3) is 0.875. The molecule has 5 atom stereocenters. The predicted molar refractivity (Wildman–Crippen MR) is 82.0 cm³/mol. The molecule has 0 radical (unpaired) electrons. The molecule has 1 N–H and O–H groups in total. The lowest BCUT2D eigenvalue weighted by molar-refractivity contribution is -0.227. The third-order valence-electron chi connectivity index (χ3n) is 4.54. The minimum Gasteiger partial charge on any atom is -0.468 e. The van der Waals surface area contributed by atoms with Crippen LogP contribution >= 0.6 is 0 Å². The van der Waals surface area contributed by atoms with Crippen molar-refractivity contribution in [2.24, 2.45) is 0 Å². The maximum atomic E-state index is 11.6. The van der Waals surface area contributed by atoms with E-state index in [4.69, 9.17) is 23.7 Å². The van der Waals surface area contributed by atoms with Gasteiger partial charge < -0.3 is 28.4 Å². The van der Waals surface area contributed by atoms with Crippen molar-refractivity contribution >= 4 is 5.97 Å². The molecule has 0 aromatic heterocycles. The van der Waals surface area contributed by atoms with Crippen LogP contribution in [0.15, 0.2) is 0 Å². The zero-order valence-electron chi connectivity index (χ0n) is 15.0. The van der Waals surface area contributed by atoms with Crippen LogP contribution in [0.5, 0.6) is 0 Å². The molecule has 0 unspecified atom stereocenters. The summed E-state index contributed by atoms with van der Waals surface area (Å²) in [7, 11) is 1.28. The monoisotopic (exact) mass is 356 g/mol. The number of carbonyl (C=O) groups excluding carboxylic acids is 1. The number of nitrogens with zero attached hydrogens (tertiary/aromatic N) is 1. The summed E-state index contributed by atoms with van der Waals surface area (Å²) in [5, 5.41) is 13.0. The summed E-state index contributed by atoms with van der Waals surface area (Å²) in [6.07, 6.45) is -2.73. The molecule has 0 aliphatic carbocycles. The number of ether oxygens (including phenoxy) is 6. The van der Waals surface area contributed by atoms with Crippen LogP contribution in [-0.4, -0.2) is 67.9 Å². The number of nitrogens with one attached hydrogen (secondary N) is 1. The quantitative estimate of drug-likeness (QED) is 0.698.